The molecule has 1 saturated heterocycles. The van der Waals surface area contributed by atoms with Crippen molar-refractivity contribution >= 4 is 5.97 Å². The van der Waals surface area contributed by atoms with Gasteiger partial charge in [0, 0.05) is 18.5 Å². The fraction of sp³-hybridized carbons (Fsp3) is 0.900. The molecule has 0 spiro atoms. The van der Waals surface area contributed by atoms with Crippen LogP contribution in [0.2, 0.25) is 0 Å². The molecule has 1 heterocycles. The average Bonchev–Trinajstić information content (AvgIpc) is 1.95. The Morgan fingerprint density at radius 3 is 2.29 bits per heavy atom. The second-order valence-electron chi connectivity index (χ2n) is 5.27. The van der Waals surface area contributed by atoms with E-state index in [0.29, 0.717) is 0 Å². The van der Waals surface area contributed by atoms with Gasteiger partial charge in [0.05, 0.1) is 0 Å². The molecule has 1 fully saturated rings. The van der Waals surface area contributed by atoms with Crippen molar-refractivity contribution in [2.24, 2.45) is 11.1 Å². The minimum atomic E-state index is -0.525. The molecule has 0 aliphatic carbocycles. The molecule has 14 heavy (non-hydrogen) atoms. The first-order valence-electron chi connectivity index (χ1n) is 4.94. The fourth-order valence-electron chi connectivity index (χ4n) is 1.39. The Labute approximate surface area is 85.2 Å². The number of hydrogen-bond acceptors (Lipinski definition) is 4. The normalized spacial score (nSPS) is 22.4. The first-order valence-corrected chi connectivity index (χ1v) is 4.94. The zero-order valence-corrected chi connectivity index (χ0v) is 9.39. The van der Waals surface area contributed by atoms with Crippen LogP contribution in [0.1, 0.15) is 27.7 Å². The molecule has 4 nitrogen and oxygen atoms in total. The molecule has 0 radical (unpaired) electrons. The molecule has 1 aliphatic heterocycles. The maximum atomic E-state index is 11.6. The summed E-state index contributed by atoms with van der Waals surface area (Å²) in [5.74, 6) is -0.304. The van der Waals surface area contributed by atoms with Gasteiger partial charge in [0.1, 0.15) is 11.6 Å². The van der Waals surface area contributed by atoms with Crippen LogP contribution in [0.4, 0.5) is 0 Å². The van der Waals surface area contributed by atoms with Crippen molar-refractivity contribution in [3.05, 3.63) is 0 Å². The Bertz CT molecular complexity index is 229. The lowest BCUT2D eigenvalue weighted by atomic mass is 9.77. The number of hydrogen-bond donors (Lipinski definition) is 2. The van der Waals surface area contributed by atoms with E-state index in [-0.39, 0.29) is 11.4 Å². The largest absolute Gasteiger partial charge is 0.459 e. The molecule has 1 aliphatic rings. The topological polar surface area (TPSA) is 64.3 Å². The number of carbonyl (C=O) groups is 1. The van der Waals surface area contributed by atoms with Crippen molar-refractivity contribution in [1.82, 2.24) is 5.32 Å². The van der Waals surface area contributed by atoms with Gasteiger partial charge in [-0.15, -0.1) is 0 Å². The summed E-state index contributed by atoms with van der Waals surface area (Å²) in [5.41, 5.74) is 5.26. The molecular formula is C10H20N2O2. The lowest BCUT2D eigenvalue weighted by molar-refractivity contribution is -0.160. The van der Waals surface area contributed by atoms with Gasteiger partial charge in [0.15, 0.2) is 0 Å². The molecule has 1 unspecified atom stereocenters. The molecule has 3 N–H and O–H groups in total. The summed E-state index contributed by atoms with van der Waals surface area (Å²) in [7, 11) is 0. The van der Waals surface area contributed by atoms with Gasteiger partial charge in [-0.1, -0.05) is 6.92 Å². The zero-order chi connectivity index (χ0) is 11.0. The first-order chi connectivity index (χ1) is 6.25. The van der Waals surface area contributed by atoms with Crippen LogP contribution >= 0.6 is 0 Å². The Morgan fingerprint density at radius 1 is 1.50 bits per heavy atom. The summed E-state index contributed by atoms with van der Waals surface area (Å²) in [6.07, 6.45) is 0. The second kappa shape index (κ2) is 3.51. The summed E-state index contributed by atoms with van der Waals surface area (Å²) in [5, 5.41) is 3.11. The predicted molar refractivity (Wildman–Crippen MR) is 54.8 cm³/mol. The second-order valence-corrected chi connectivity index (χ2v) is 5.27. The van der Waals surface area contributed by atoms with Gasteiger partial charge in [-0.05, 0) is 20.8 Å². The number of rotatable bonds is 2. The molecule has 4 heteroatoms. The van der Waals surface area contributed by atoms with Crippen molar-refractivity contribution in [2.75, 3.05) is 13.1 Å². The summed E-state index contributed by atoms with van der Waals surface area (Å²) >= 11 is 0. The molecule has 82 valence electrons. The fourth-order valence-corrected chi connectivity index (χ4v) is 1.39. The quantitative estimate of drug-likeness (QED) is 0.628. The molecule has 0 aromatic rings. The number of carbonyl (C=O) groups excluding carboxylic acids is 1. The Kier molecular flexibility index (Phi) is 2.88. The van der Waals surface area contributed by atoms with E-state index >= 15 is 0 Å². The number of esters is 1. The monoisotopic (exact) mass is 200 g/mol. The standard InChI is InChI=1S/C10H20N2O2/c1-9(2,3)14-8(13)7(11)10(4)5-12-6-10/h7,12H,5-6,11H2,1-4H3. The van der Waals surface area contributed by atoms with Gasteiger partial charge in [-0.3, -0.25) is 4.79 Å². The lowest BCUT2D eigenvalue weighted by Crippen LogP contribution is -2.63. The van der Waals surface area contributed by atoms with Crippen LogP contribution in [0.5, 0.6) is 0 Å². The van der Waals surface area contributed by atoms with Crippen LogP contribution in [-0.4, -0.2) is 30.7 Å². The third kappa shape index (κ3) is 2.45. The van der Waals surface area contributed by atoms with Gasteiger partial charge >= 0.3 is 5.97 Å². The number of ether oxygens (including phenoxy) is 1. The Hall–Kier alpha value is -0.610. The van der Waals surface area contributed by atoms with E-state index < -0.39 is 11.6 Å². The lowest BCUT2D eigenvalue weighted by Gasteiger charge is -2.43. The van der Waals surface area contributed by atoms with E-state index in [0.717, 1.165) is 13.1 Å². The predicted octanol–water partition coefficient (Wildman–Crippen LogP) is 0.265. The number of nitrogens with one attached hydrogen (secondary N) is 1. The average molecular weight is 200 g/mol. The highest BCUT2D eigenvalue weighted by atomic mass is 16.6. The van der Waals surface area contributed by atoms with Crippen molar-refractivity contribution in [3.63, 3.8) is 0 Å². The van der Waals surface area contributed by atoms with Crippen LogP contribution in [0.15, 0.2) is 0 Å². The van der Waals surface area contributed by atoms with Crippen LogP contribution in [0, 0.1) is 5.41 Å². The highest BCUT2D eigenvalue weighted by Crippen LogP contribution is 2.26. The van der Waals surface area contributed by atoms with Gasteiger partial charge in [-0.2, -0.15) is 0 Å². The van der Waals surface area contributed by atoms with Crippen LogP contribution in [-0.2, 0) is 9.53 Å². The van der Waals surface area contributed by atoms with Crippen LogP contribution in [0.3, 0.4) is 0 Å². The summed E-state index contributed by atoms with van der Waals surface area (Å²) < 4.78 is 5.23. The van der Waals surface area contributed by atoms with E-state index in [1.807, 2.05) is 27.7 Å². The number of nitrogens with two attached hydrogens (primary N) is 1. The Morgan fingerprint density at radius 2 is 2.00 bits per heavy atom. The minimum absolute atomic E-state index is 0.137. The van der Waals surface area contributed by atoms with Crippen LogP contribution < -0.4 is 11.1 Å². The van der Waals surface area contributed by atoms with Crippen molar-refractivity contribution < 1.29 is 9.53 Å². The Balaban J connectivity index is 2.52. The zero-order valence-electron chi connectivity index (χ0n) is 9.39. The van der Waals surface area contributed by atoms with Gasteiger partial charge in [-0.25, -0.2) is 0 Å². The molecule has 1 atom stereocenters. The summed E-state index contributed by atoms with van der Waals surface area (Å²) in [6, 6.07) is -0.525. The maximum absolute atomic E-state index is 11.6. The van der Waals surface area contributed by atoms with Crippen molar-refractivity contribution in [1.29, 1.82) is 0 Å². The highest BCUT2D eigenvalue weighted by Gasteiger charge is 2.43. The first kappa shape index (κ1) is 11.5. The van der Waals surface area contributed by atoms with Crippen molar-refractivity contribution in [3.8, 4) is 0 Å². The van der Waals surface area contributed by atoms with Crippen LogP contribution in [0.25, 0.3) is 0 Å². The maximum Gasteiger partial charge on any atom is 0.324 e. The van der Waals surface area contributed by atoms with E-state index in [9.17, 15) is 4.79 Å². The smallest absolute Gasteiger partial charge is 0.324 e. The van der Waals surface area contributed by atoms with Crippen molar-refractivity contribution in [2.45, 2.75) is 39.3 Å². The minimum Gasteiger partial charge on any atom is -0.459 e. The van der Waals surface area contributed by atoms with E-state index in [2.05, 4.69) is 5.32 Å². The van der Waals surface area contributed by atoms with E-state index in [4.69, 9.17) is 10.5 Å². The molecule has 0 bridgehead atoms. The molecule has 0 amide bonds. The van der Waals surface area contributed by atoms with Gasteiger partial charge in [0.25, 0.3) is 0 Å². The van der Waals surface area contributed by atoms with E-state index in [1.54, 1.807) is 0 Å². The van der Waals surface area contributed by atoms with Gasteiger partial charge in [0.2, 0.25) is 0 Å². The highest BCUT2D eigenvalue weighted by molar-refractivity contribution is 5.77. The third-order valence-electron chi connectivity index (χ3n) is 2.47. The molecule has 1 rings (SSSR count). The molecule has 0 aromatic heterocycles. The van der Waals surface area contributed by atoms with Gasteiger partial charge < -0.3 is 15.8 Å². The SMILES string of the molecule is CC(C)(C)OC(=O)C(N)C1(C)CNC1. The molecule has 0 saturated carbocycles. The summed E-state index contributed by atoms with van der Waals surface area (Å²) in [6.45, 7) is 9.11. The molecular weight excluding hydrogens is 180 g/mol. The van der Waals surface area contributed by atoms with E-state index in [1.165, 1.54) is 0 Å². The third-order valence-corrected chi connectivity index (χ3v) is 2.47. The molecule has 0 aromatic carbocycles. The summed E-state index contributed by atoms with van der Waals surface area (Å²) in [4.78, 5) is 11.6.